The summed E-state index contributed by atoms with van der Waals surface area (Å²) in [5, 5.41) is 7.00. The molecule has 1 heterocycles. The highest BCUT2D eigenvalue weighted by atomic mass is 79.9. The molecule has 0 amide bonds. The number of nitrogens with two attached hydrogens (primary N) is 1. The van der Waals surface area contributed by atoms with E-state index in [4.69, 9.17) is 5.73 Å². The molecule has 1 rings (SSSR count). The second-order valence-corrected chi connectivity index (χ2v) is 2.75. The lowest BCUT2D eigenvalue weighted by Crippen LogP contribution is -2.15. The van der Waals surface area contributed by atoms with E-state index in [-0.39, 0.29) is 24.8 Å². The van der Waals surface area contributed by atoms with Gasteiger partial charge in [-0.25, -0.2) is 4.68 Å². The Hall–Kier alpha value is -0.0400. The van der Waals surface area contributed by atoms with E-state index in [0.29, 0.717) is 17.8 Å². The van der Waals surface area contributed by atoms with E-state index in [1.807, 2.05) is 7.05 Å². The fraction of sp³-hybridized carbons (Fsp3) is 0.600. The molecule has 0 fully saturated rings. The van der Waals surface area contributed by atoms with Gasteiger partial charge in [-0.15, -0.1) is 29.9 Å². The minimum atomic E-state index is 0. The molecule has 0 aromatic carbocycles. The van der Waals surface area contributed by atoms with Gasteiger partial charge in [0.2, 0.25) is 10.7 Å². The lowest BCUT2D eigenvalue weighted by Gasteiger charge is -2.00. The minimum absolute atomic E-state index is 0. The summed E-state index contributed by atoms with van der Waals surface area (Å²) in [4.78, 5) is 4.05. The number of nitrogens with zero attached hydrogens (tertiary/aromatic N) is 3. The van der Waals surface area contributed by atoms with Gasteiger partial charge in [-0.3, -0.25) is 0 Å². The molecule has 0 aliphatic carbocycles. The molecule has 78 valence electrons. The SMILES string of the molecule is Cl.Cl.Cn1nc(Br)nc1NCCN. The Bertz CT molecular complexity index is 241. The maximum absolute atomic E-state index is 5.30. The lowest BCUT2D eigenvalue weighted by atomic mass is 10.6. The zero-order valence-corrected chi connectivity index (χ0v) is 10.2. The summed E-state index contributed by atoms with van der Waals surface area (Å²) < 4.78 is 2.24. The first-order valence-corrected chi connectivity index (χ1v) is 4.04. The van der Waals surface area contributed by atoms with Crippen LogP contribution in [0.3, 0.4) is 0 Å². The summed E-state index contributed by atoms with van der Waals surface area (Å²) in [6, 6.07) is 0. The van der Waals surface area contributed by atoms with Gasteiger partial charge >= 0.3 is 0 Å². The molecular formula is C5H12BrCl2N5. The van der Waals surface area contributed by atoms with Crippen LogP contribution in [0.15, 0.2) is 4.73 Å². The standard InChI is InChI=1S/C5H10BrN5.2ClH/c1-11-5(8-3-2-7)9-4(6)10-11;;/h2-3,7H2,1H3,(H,8,9,10);2*1H. The van der Waals surface area contributed by atoms with Crippen molar-refractivity contribution in [3.8, 4) is 0 Å². The van der Waals surface area contributed by atoms with E-state index in [1.54, 1.807) is 4.68 Å². The van der Waals surface area contributed by atoms with Gasteiger partial charge in [-0.2, -0.15) is 4.98 Å². The summed E-state index contributed by atoms with van der Waals surface area (Å²) in [5.74, 6) is 0.724. The van der Waals surface area contributed by atoms with Crippen molar-refractivity contribution in [2.45, 2.75) is 0 Å². The van der Waals surface area contributed by atoms with Crippen LogP contribution in [0.25, 0.3) is 0 Å². The van der Waals surface area contributed by atoms with Crippen molar-refractivity contribution in [2.75, 3.05) is 18.4 Å². The summed E-state index contributed by atoms with van der Waals surface area (Å²) in [6.45, 7) is 1.30. The Balaban J connectivity index is 0. The van der Waals surface area contributed by atoms with Gasteiger partial charge in [0.1, 0.15) is 0 Å². The average molecular weight is 293 g/mol. The molecule has 0 unspecified atom stereocenters. The van der Waals surface area contributed by atoms with Crippen LogP contribution < -0.4 is 11.1 Å². The summed E-state index contributed by atoms with van der Waals surface area (Å²) in [7, 11) is 1.82. The lowest BCUT2D eigenvalue weighted by molar-refractivity contribution is 0.761. The molecule has 0 bridgehead atoms. The number of anilines is 1. The molecule has 0 spiro atoms. The van der Waals surface area contributed by atoms with Gasteiger partial charge in [0.25, 0.3) is 0 Å². The number of hydrogen-bond donors (Lipinski definition) is 2. The van der Waals surface area contributed by atoms with Gasteiger partial charge in [-0.05, 0) is 15.9 Å². The van der Waals surface area contributed by atoms with Crippen LogP contribution in [-0.2, 0) is 7.05 Å². The average Bonchev–Trinajstić information content (AvgIpc) is 2.26. The highest BCUT2D eigenvalue weighted by Crippen LogP contribution is 2.06. The maximum Gasteiger partial charge on any atom is 0.221 e. The zero-order valence-electron chi connectivity index (χ0n) is 7.03. The minimum Gasteiger partial charge on any atom is -0.353 e. The summed E-state index contributed by atoms with van der Waals surface area (Å²) in [6.07, 6.45) is 0. The number of aromatic nitrogens is 3. The smallest absolute Gasteiger partial charge is 0.221 e. The molecule has 13 heavy (non-hydrogen) atoms. The van der Waals surface area contributed by atoms with Crippen LogP contribution in [0.5, 0.6) is 0 Å². The predicted molar refractivity (Wildman–Crippen MR) is 60.7 cm³/mol. The molecular weight excluding hydrogens is 281 g/mol. The highest BCUT2D eigenvalue weighted by Gasteiger charge is 2.01. The van der Waals surface area contributed by atoms with Crippen LogP contribution in [0.1, 0.15) is 0 Å². The van der Waals surface area contributed by atoms with Crippen LogP contribution >= 0.6 is 40.7 Å². The van der Waals surface area contributed by atoms with Gasteiger partial charge in [0.15, 0.2) is 0 Å². The maximum atomic E-state index is 5.30. The molecule has 3 N–H and O–H groups in total. The molecule has 0 saturated heterocycles. The van der Waals surface area contributed by atoms with Crippen molar-refractivity contribution < 1.29 is 0 Å². The second kappa shape index (κ2) is 7.37. The molecule has 0 aliphatic heterocycles. The van der Waals surface area contributed by atoms with E-state index >= 15 is 0 Å². The van der Waals surface area contributed by atoms with Gasteiger partial charge in [0, 0.05) is 20.1 Å². The van der Waals surface area contributed by atoms with Gasteiger partial charge in [0.05, 0.1) is 0 Å². The molecule has 1 aromatic heterocycles. The second-order valence-electron chi connectivity index (χ2n) is 2.04. The molecule has 0 radical (unpaired) electrons. The van der Waals surface area contributed by atoms with Crippen molar-refractivity contribution in [1.82, 2.24) is 14.8 Å². The molecule has 5 nitrogen and oxygen atoms in total. The Morgan fingerprint density at radius 2 is 2.15 bits per heavy atom. The first kappa shape index (κ1) is 15.4. The van der Waals surface area contributed by atoms with Crippen molar-refractivity contribution in [3.63, 3.8) is 0 Å². The van der Waals surface area contributed by atoms with Gasteiger partial charge < -0.3 is 11.1 Å². The fourth-order valence-electron chi connectivity index (χ4n) is 0.691. The number of aryl methyl sites for hydroxylation is 1. The van der Waals surface area contributed by atoms with Crippen molar-refractivity contribution in [2.24, 2.45) is 12.8 Å². The van der Waals surface area contributed by atoms with Crippen LogP contribution in [-0.4, -0.2) is 27.9 Å². The Kier molecular flexibility index (Phi) is 8.75. The fourth-order valence-corrected chi connectivity index (χ4v) is 1.10. The number of halogens is 3. The Morgan fingerprint density at radius 1 is 1.54 bits per heavy atom. The number of hydrogen-bond acceptors (Lipinski definition) is 4. The molecule has 0 atom stereocenters. The third kappa shape index (κ3) is 4.66. The highest BCUT2D eigenvalue weighted by molar-refractivity contribution is 9.10. The van der Waals surface area contributed by atoms with E-state index in [1.165, 1.54) is 0 Å². The molecule has 8 heteroatoms. The van der Waals surface area contributed by atoms with Gasteiger partial charge in [-0.1, -0.05) is 0 Å². The largest absolute Gasteiger partial charge is 0.353 e. The molecule has 0 saturated carbocycles. The predicted octanol–water partition coefficient (Wildman–Crippen LogP) is 0.792. The topological polar surface area (TPSA) is 68.8 Å². The van der Waals surface area contributed by atoms with Crippen LogP contribution in [0.4, 0.5) is 5.95 Å². The Labute approximate surface area is 97.4 Å². The van der Waals surface area contributed by atoms with E-state index in [2.05, 4.69) is 31.3 Å². The van der Waals surface area contributed by atoms with Crippen molar-refractivity contribution in [3.05, 3.63) is 4.73 Å². The summed E-state index contributed by atoms with van der Waals surface area (Å²) >= 11 is 3.16. The van der Waals surface area contributed by atoms with Crippen LogP contribution in [0.2, 0.25) is 0 Å². The van der Waals surface area contributed by atoms with Crippen molar-refractivity contribution in [1.29, 1.82) is 0 Å². The summed E-state index contributed by atoms with van der Waals surface area (Å²) in [5.41, 5.74) is 5.30. The third-order valence-corrected chi connectivity index (χ3v) is 1.50. The quantitative estimate of drug-likeness (QED) is 0.864. The van der Waals surface area contributed by atoms with E-state index in [9.17, 15) is 0 Å². The third-order valence-electron chi connectivity index (χ3n) is 1.16. The van der Waals surface area contributed by atoms with E-state index < -0.39 is 0 Å². The molecule has 0 aliphatic rings. The van der Waals surface area contributed by atoms with Crippen LogP contribution in [0, 0.1) is 0 Å². The Morgan fingerprint density at radius 3 is 2.54 bits per heavy atom. The van der Waals surface area contributed by atoms with E-state index in [0.717, 1.165) is 5.95 Å². The first-order valence-electron chi connectivity index (χ1n) is 3.24. The zero-order chi connectivity index (χ0) is 8.27. The number of nitrogens with one attached hydrogen (secondary N) is 1. The molecule has 1 aromatic rings. The number of rotatable bonds is 3. The normalized spacial score (nSPS) is 8.54. The van der Waals surface area contributed by atoms with Crippen molar-refractivity contribution >= 4 is 46.7 Å². The first-order chi connectivity index (χ1) is 5.24. The monoisotopic (exact) mass is 291 g/mol.